The standard InChI is InChI=1S/C20H21N3OS/c1-2-5-17-9-8-16(14-21)20(22-17)25-13-11-19(24)23-12-10-15-6-3-4-7-18(15)23/h3-4,6-9H,2,5,10-13H2,1H3. The summed E-state index contributed by atoms with van der Waals surface area (Å²) < 4.78 is 0. The minimum Gasteiger partial charge on any atom is -0.312 e. The van der Waals surface area contributed by atoms with E-state index in [1.165, 1.54) is 17.3 Å². The van der Waals surface area contributed by atoms with Crippen LogP contribution in [0.1, 0.15) is 36.6 Å². The van der Waals surface area contributed by atoms with Gasteiger partial charge in [0.1, 0.15) is 11.1 Å². The van der Waals surface area contributed by atoms with Crippen LogP contribution in [0.2, 0.25) is 0 Å². The molecule has 0 N–H and O–H groups in total. The number of fused-ring (bicyclic) bond motifs is 1. The number of amides is 1. The van der Waals surface area contributed by atoms with Crippen molar-refractivity contribution in [1.29, 1.82) is 5.26 Å². The number of benzene rings is 1. The third-order valence-corrected chi connectivity index (χ3v) is 5.28. The second-order valence-electron chi connectivity index (χ2n) is 6.04. The first kappa shape index (κ1) is 17.5. The van der Waals surface area contributed by atoms with Crippen molar-refractivity contribution in [3.05, 3.63) is 53.2 Å². The van der Waals surface area contributed by atoms with Gasteiger partial charge in [0.2, 0.25) is 5.91 Å². The summed E-state index contributed by atoms with van der Waals surface area (Å²) in [6.07, 6.45) is 3.30. The van der Waals surface area contributed by atoms with E-state index in [9.17, 15) is 10.1 Å². The van der Waals surface area contributed by atoms with E-state index in [1.807, 2.05) is 35.2 Å². The maximum atomic E-state index is 12.5. The van der Waals surface area contributed by atoms with Crippen LogP contribution < -0.4 is 4.90 Å². The van der Waals surface area contributed by atoms with Gasteiger partial charge in [0.05, 0.1) is 5.56 Å². The number of hydrogen-bond acceptors (Lipinski definition) is 4. The Morgan fingerprint density at radius 3 is 2.96 bits per heavy atom. The SMILES string of the molecule is CCCc1ccc(C#N)c(SCCC(=O)N2CCc3ccccc32)n1. The first-order chi connectivity index (χ1) is 12.2. The third kappa shape index (κ3) is 4.02. The Labute approximate surface area is 152 Å². The van der Waals surface area contributed by atoms with Gasteiger partial charge in [-0.15, -0.1) is 11.8 Å². The molecule has 0 spiro atoms. The Morgan fingerprint density at radius 1 is 1.32 bits per heavy atom. The highest BCUT2D eigenvalue weighted by molar-refractivity contribution is 7.99. The molecule has 0 unspecified atom stereocenters. The Balaban J connectivity index is 1.61. The summed E-state index contributed by atoms with van der Waals surface area (Å²) in [5, 5.41) is 9.99. The molecule has 0 fully saturated rings. The van der Waals surface area contributed by atoms with Crippen molar-refractivity contribution < 1.29 is 4.79 Å². The molecule has 1 aromatic heterocycles. The van der Waals surface area contributed by atoms with Crippen LogP contribution in [0.5, 0.6) is 0 Å². The number of nitrogens with zero attached hydrogens (tertiary/aromatic N) is 3. The largest absolute Gasteiger partial charge is 0.312 e. The summed E-state index contributed by atoms with van der Waals surface area (Å²) in [4.78, 5) is 19.0. The van der Waals surface area contributed by atoms with Crippen molar-refractivity contribution in [2.24, 2.45) is 0 Å². The zero-order chi connectivity index (χ0) is 17.6. The molecule has 0 atom stereocenters. The van der Waals surface area contributed by atoms with E-state index in [-0.39, 0.29) is 5.91 Å². The van der Waals surface area contributed by atoms with Gasteiger partial charge in [0.15, 0.2) is 0 Å². The number of rotatable bonds is 6. The Bertz CT molecular complexity index is 813. The van der Waals surface area contributed by atoms with Crippen LogP contribution in [0.25, 0.3) is 0 Å². The van der Waals surface area contributed by atoms with Gasteiger partial charge in [0, 0.05) is 30.1 Å². The number of nitriles is 1. The lowest BCUT2D eigenvalue weighted by Crippen LogP contribution is -2.29. The number of pyridine rings is 1. The Morgan fingerprint density at radius 2 is 2.16 bits per heavy atom. The van der Waals surface area contributed by atoms with Crippen LogP contribution in [0.3, 0.4) is 0 Å². The molecule has 5 heteroatoms. The number of para-hydroxylation sites is 1. The molecule has 1 amide bonds. The van der Waals surface area contributed by atoms with Gasteiger partial charge < -0.3 is 4.90 Å². The van der Waals surface area contributed by atoms with Crippen LogP contribution in [0.15, 0.2) is 41.4 Å². The second-order valence-corrected chi connectivity index (χ2v) is 7.12. The summed E-state index contributed by atoms with van der Waals surface area (Å²) >= 11 is 1.50. The van der Waals surface area contributed by atoms with Gasteiger partial charge in [-0.2, -0.15) is 5.26 Å². The van der Waals surface area contributed by atoms with Crippen LogP contribution in [-0.2, 0) is 17.6 Å². The summed E-state index contributed by atoms with van der Waals surface area (Å²) in [5.41, 5.74) is 3.87. The highest BCUT2D eigenvalue weighted by Gasteiger charge is 2.23. The molecule has 2 aromatic rings. The quantitative estimate of drug-likeness (QED) is 0.739. The first-order valence-electron chi connectivity index (χ1n) is 8.64. The average Bonchev–Trinajstić information content (AvgIpc) is 3.06. The van der Waals surface area contributed by atoms with Gasteiger partial charge in [-0.3, -0.25) is 4.79 Å². The van der Waals surface area contributed by atoms with Crippen molar-refractivity contribution in [2.75, 3.05) is 17.2 Å². The fourth-order valence-electron chi connectivity index (χ4n) is 3.04. The second kappa shape index (κ2) is 8.17. The highest BCUT2D eigenvalue weighted by Crippen LogP contribution is 2.29. The number of anilines is 1. The Kier molecular flexibility index (Phi) is 5.72. The van der Waals surface area contributed by atoms with Crippen LogP contribution in [0, 0.1) is 11.3 Å². The lowest BCUT2D eigenvalue weighted by molar-refractivity contribution is -0.118. The van der Waals surface area contributed by atoms with Crippen LogP contribution in [0.4, 0.5) is 5.69 Å². The predicted octanol–water partition coefficient (Wildman–Crippen LogP) is 3.98. The van der Waals surface area contributed by atoms with Crippen molar-refractivity contribution in [3.8, 4) is 6.07 Å². The number of carbonyl (C=O) groups is 1. The number of aryl methyl sites for hydroxylation is 1. The molecule has 2 heterocycles. The summed E-state index contributed by atoms with van der Waals surface area (Å²) in [5.74, 6) is 0.773. The van der Waals surface area contributed by atoms with E-state index in [1.54, 1.807) is 0 Å². The van der Waals surface area contributed by atoms with Gasteiger partial charge in [-0.1, -0.05) is 31.5 Å². The van der Waals surface area contributed by atoms with Crippen molar-refractivity contribution in [3.63, 3.8) is 0 Å². The minimum absolute atomic E-state index is 0.140. The summed E-state index contributed by atoms with van der Waals surface area (Å²) in [7, 11) is 0. The first-order valence-corrected chi connectivity index (χ1v) is 9.62. The van der Waals surface area contributed by atoms with Crippen molar-refractivity contribution in [1.82, 2.24) is 4.98 Å². The monoisotopic (exact) mass is 351 g/mol. The molecule has 0 saturated carbocycles. The molecule has 0 radical (unpaired) electrons. The number of thioether (sulfide) groups is 1. The zero-order valence-electron chi connectivity index (χ0n) is 14.4. The van der Waals surface area contributed by atoms with Gasteiger partial charge in [-0.05, 0) is 36.6 Å². The fraction of sp³-hybridized carbons (Fsp3) is 0.350. The summed E-state index contributed by atoms with van der Waals surface area (Å²) in [6, 6.07) is 14.0. The van der Waals surface area contributed by atoms with E-state index in [2.05, 4.69) is 24.0 Å². The molecule has 1 aromatic carbocycles. The zero-order valence-corrected chi connectivity index (χ0v) is 15.2. The molecule has 128 valence electrons. The van der Waals surface area contributed by atoms with Gasteiger partial charge >= 0.3 is 0 Å². The molecule has 0 bridgehead atoms. The minimum atomic E-state index is 0.140. The maximum absolute atomic E-state index is 12.5. The molecule has 3 rings (SSSR count). The number of carbonyl (C=O) groups excluding carboxylic acids is 1. The highest BCUT2D eigenvalue weighted by atomic mass is 32.2. The smallest absolute Gasteiger partial charge is 0.227 e. The lowest BCUT2D eigenvalue weighted by Gasteiger charge is -2.17. The number of hydrogen-bond donors (Lipinski definition) is 0. The van der Waals surface area contributed by atoms with Gasteiger partial charge in [0.25, 0.3) is 0 Å². The van der Waals surface area contributed by atoms with Crippen LogP contribution in [-0.4, -0.2) is 23.2 Å². The van der Waals surface area contributed by atoms with E-state index in [0.29, 0.717) is 17.7 Å². The lowest BCUT2D eigenvalue weighted by atomic mass is 10.2. The third-order valence-electron chi connectivity index (χ3n) is 4.29. The van der Waals surface area contributed by atoms with Crippen LogP contribution >= 0.6 is 11.8 Å². The molecule has 0 aliphatic carbocycles. The average molecular weight is 351 g/mol. The predicted molar refractivity (Wildman–Crippen MR) is 101 cm³/mol. The van der Waals surface area contributed by atoms with Crippen molar-refractivity contribution >= 4 is 23.4 Å². The van der Waals surface area contributed by atoms with E-state index in [0.717, 1.165) is 42.2 Å². The molecule has 25 heavy (non-hydrogen) atoms. The van der Waals surface area contributed by atoms with E-state index >= 15 is 0 Å². The van der Waals surface area contributed by atoms with E-state index < -0.39 is 0 Å². The molecular formula is C20H21N3OS. The molecule has 4 nitrogen and oxygen atoms in total. The van der Waals surface area contributed by atoms with Crippen molar-refractivity contribution in [2.45, 2.75) is 37.6 Å². The van der Waals surface area contributed by atoms with E-state index in [4.69, 9.17) is 0 Å². The molecule has 1 aliphatic heterocycles. The molecular weight excluding hydrogens is 330 g/mol. The molecule has 1 aliphatic rings. The fourth-order valence-corrected chi connectivity index (χ4v) is 3.96. The Hall–Kier alpha value is -2.32. The molecule has 0 saturated heterocycles. The topological polar surface area (TPSA) is 57.0 Å². The maximum Gasteiger partial charge on any atom is 0.227 e. The van der Waals surface area contributed by atoms with Gasteiger partial charge in [-0.25, -0.2) is 4.98 Å². The number of aromatic nitrogens is 1. The normalized spacial score (nSPS) is 12.7. The summed E-state index contributed by atoms with van der Waals surface area (Å²) in [6.45, 7) is 2.87.